The number of nitrogens with zero attached hydrogens (tertiary/aromatic N) is 1. The molecule has 0 radical (unpaired) electrons. The Balaban J connectivity index is 1.71. The topological polar surface area (TPSA) is 66.0 Å². The Bertz CT molecular complexity index is 404. The summed E-state index contributed by atoms with van der Waals surface area (Å²) in [4.78, 5) is 15.7. The third-order valence-corrected chi connectivity index (χ3v) is 2.74. The first-order valence-electron chi connectivity index (χ1n) is 6.51. The maximum absolute atomic E-state index is 11.5. The molecule has 1 aromatic rings. The number of hydrogen-bond donors (Lipinski definition) is 3. The van der Waals surface area contributed by atoms with Crippen molar-refractivity contribution in [2.45, 2.75) is 32.2 Å². The number of rotatable bonds is 7. The molecule has 1 aliphatic carbocycles. The molecule has 0 aliphatic heterocycles. The highest BCUT2D eigenvalue weighted by Gasteiger charge is 2.22. The maximum Gasteiger partial charge on any atom is 0.221 e. The second-order valence-electron chi connectivity index (χ2n) is 4.48. The van der Waals surface area contributed by atoms with E-state index in [1.165, 1.54) is 0 Å². The molecule has 1 fully saturated rings. The fraction of sp³-hybridized carbons (Fsp3) is 0.538. The Morgan fingerprint density at radius 2 is 2.28 bits per heavy atom. The van der Waals surface area contributed by atoms with Gasteiger partial charge in [-0.25, -0.2) is 4.98 Å². The van der Waals surface area contributed by atoms with Gasteiger partial charge in [-0.05, 0) is 25.8 Å². The molecule has 2 rings (SSSR count). The third kappa shape index (κ3) is 4.24. The highest BCUT2D eigenvalue weighted by Crippen LogP contribution is 2.18. The van der Waals surface area contributed by atoms with Crippen molar-refractivity contribution in [3.63, 3.8) is 0 Å². The summed E-state index contributed by atoms with van der Waals surface area (Å²) in [5, 5.41) is 9.35. The molecule has 0 atom stereocenters. The first-order valence-corrected chi connectivity index (χ1v) is 6.51. The van der Waals surface area contributed by atoms with E-state index in [1.807, 2.05) is 19.1 Å². The van der Waals surface area contributed by atoms with E-state index in [2.05, 4.69) is 20.9 Å². The molecular weight excluding hydrogens is 228 g/mol. The minimum Gasteiger partial charge on any atom is -0.384 e. The van der Waals surface area contributed by atoms with E-state index in [0.717, 1.165) is 30.9 Å². The lowest BCUT2D eigenvalue weighted by Gasteiger charge is -2.08. The molecule has 1 saturated carbocycles. The van der Waals surface area contributed by atoms with E-state index in [9.17, 15) is 4.79 Å². The first kappa shape index (κ1) is 12.7. The van der Waals surface area contributed by atoms with Crippen LogP contribution >= 0.6 is 0 Å². The van der Waals surface area contributed by atoms with Crippen molar-refractivity contribution < 1.29 is 4.79 Å². The summed E-state index contributed by atoms with van der Waals surface area (Å²) < 4.78 is 0. The molecule has 3 N–H and O–H groups in total. The van der Waals surface area contributed by atoms with Crippen LogP contribution in [0.1, 0.15) is 26.2 Å². The number of nitrogens with one attached hydrogen (secondary N) is 3. The minimum atomic E-state index is 0.131. The molecular formula is C13H20N4O. The van der Waals surface area contributed by atoms with E-state index in [-0.39, 0.29) is 5.91 Å². The van der Waals surface area contributed by atoms with Crippen LogP contribution in [0.15, 0.2) is 18.3 Å². The number of pyridine rings is 1. The molecule has 1 amide bonds. The average Bonchev–Trinajstić information content (AvgIpc) is 3.14. The van der Waals surface area contributed by atoms with E-state index in [4.69, 9.17) is 0 Å². The van der Waals surface area contributed by atoms with Gasteiger partial charge in [-0.3, -0.25) is 4.79 Å². The Labute approximate surface area is 107 Å². The zero-order valence-electron chi connectivity index (χ0n) is 10.7. The fourth-order valence-electron chi connectivity index (χ4n) is 1.67. The van der Waals surface area contributed by atoms with Gasteiger partial charge < -0.3 is 16.0 Å². The van der Waals surface area contributed by atoms with Crippen LogP contribution in [0.3, 0.4) is 0 Å². The van der Waals surface area contributed by atoms with Crippen LogP contribution in [-0.4, -0.2) is 30.0 Å². The lowest BCUT2D eigenvalue weighted by molar-refractivity contribution is -0.120. The molecule has 1 aromatic heterocycles. The van der Waals surface area contributed by atoms with Crippen molar-refractivity contribution in [2.75, 3.05) is 23.7 Å². The van der Waals surface area contributed by atoms with Crippen LogP contribution < -0.4 is 16.0 Å². The highest BCUT2D eigenvalue weighted by molar-refractivity contribution is 5.77. The van der Waals surface area contributed by atoms with Gasteiger partial charge in [-0.1, -0.05) is 0 Å². The van der Waals surface area contributed by atoms with Gasteiger partial charge in [0, 0.05) is 43.5 Å². The van der Waals surface area contributed by atoms with Gasteiger partial charge in [0.25, 0.3) is 0 Å². The van der Waals surface area contributed by atoms with Crippen molar-refractivity contribution in [2.24, 2.45) is 0 Å². The predicted molar refractivity (Wildman–Crippen MR) is 72.7 cm³/mol. The van der Waals surface area contributed by atoms with Crippen LogP contribution in [0.2, 0.25) is 0 Å². The number of amides is 1. The largest absolute Gasteiger partial charge is 0.384 e. The van der Waals surface area contributed by atoms with Crippen molar-refractivity contribution in [1.82, 2.24) is 10.3 Å². The maximum atomic E-state index is 11.5. The van der Waals surface area contributed by atoms with E-state index >= 15 is 0 Å². The summed E-state index contributed by atoms with van der Waals surface area (Å²) in [7, 11) is 0. The second-order valence-corrected chi connectivity index (χ2v) is 4.48. The lowest BCUT2D eigenvalue weighted by atomic mass is 10.3. The van der Waals surface area contributed by atoms with Gasteiger partial charge in [-0.15, -0.1) is 0 Å². The molecule has 0 unspecified atom stereocenters. The molecule has 98 valence electrons. The van der Waals surface area contributed by atoms with E-state index < -0.39 is 0 Å². The van der Waals surface area contributed by atoms with Crippen molar-refractivity contribution >= 4 is 17.4 Å². The van der Waals surface area contributed by atoms with Gasteiger partial charge in [0.05, 0.1) is 0 Å². The molecule has 1 heterocycles. The summed E-state index contributed by atoms with van der Waals surface area (Å²) in [6.45, 7) is 3.53. The zero-order chi connectivity index (χ0) is 12.8. The Morgan fingerprint density at radius 1 is 1.44 bits per heavy atom. The number of carbonyl (C=O) groups is 1. The standard InChI is InChI=1S/C13H20N4O/c1-2-14-12-9-11(5-7-16-12)15-8-6-13(18)17-10-3-4-10/h5,7,9-10H,2-4,6,8H2,1H3,(H,17,18)(H2,14,15,16). The Hall–Kier alpha value is -1.78. The van der Waals surface area contributed by atoms with E-state index in [1.54, 1.807) is 6.20 Å². The molecule has 0 bridgehead atoms. The van der Waals surface area contributed by atoms with Crippen molar-refractivity contribution in [1.29, 1.82) is 0 Å². The summed E-state index contributed by atoms with van der Waals surface area (Å²) in [6, 6.07) is 4.29. The summed E-state index contributed by atoms with van der Waals surface area (Å²) in [5.74, 6) is 0.982. The van der Waals surface area contributed by atoms with Gasteiger partial charge >= 0.3 is 0 Å². The van der Waals surface area contributed by atoms with Crippen molar-refractivity contribution in [3.8, 4) is 0 Å². The smallest absolute Gasteiger partial charge is 0.221 e. The van der Waals surface area contributed by atoms with Crippen LogP contribution in [0.5, 0.6) is 0 Å². The molecule has 0 spiro atoms. The highest BCUT2D eigenvalue weighted by atomic mass is 16.1. The number of aromatic nitrogens is 1. The summed E-state index contributed by atoms with van der Waals surface area (Å²) in [5.41, 5.74) is 0.986. The lowest BCUT2D eigenvalue weighted by Crippen LogP contribution is -2.27. The number of hydrogen-bond acceptors (Lipinski definition) is 4. The molecule has 0 saturated heterocycles. The van der Waals surface area contributed by atoms with Crippen LogP contribution in [0.4, 0.5) is 11.5 Å². The molecule has 5 heteroatoms. The average molecular weight is 248 g/mol. The van der Waals surface area contributed by atoms with Gasteiger partial charge in [0.1, 0.15) is 5.82 Å². The third-order valence-electron chi connectivity index (χ3n) is 2.74. The molecule has 18 heavy (non-hydrogen) atoms. The normalized spacial score (nSPS) is 14.1. The quantitative estimate of drug-likeness (QED) is 0.685. The zero-order valence-corrected chi connectivity index (χ0v) is 10.7. The Morgan fingerprint density at radius 3 is 3.00 bits per heavy atom. The fourth-order valence-corrected chi connectivity index (χ4v) is 1.67. The van der Waals surface area contributed by atoms with Crippen LogP contribution in [0, 0.1) is 0 Å². The van der Waals surface area contributed by atoms with E-state index in [0.29, 0.717) is 19.0 Å². The molecule has 5 nitrogen and oxygen atoms in total. The monoisotopic (exact) mass is 248 g/mol. The summed E-state index contributed by atoms with van der Waals surface area (Å²) >= 11 is 0. The SMILES string of the molecule is CCNc1cc(NCCC(=O)NC2CC2)ccn1. The minimum absolute atomic E-state index is 0.131. The second kappa shape index (κ2) is 6.23. The van der Waals surface area contributed by atoms with Crippen LogP contribution in [-0.2, 0) is 4.79 Å². The molecule has 0 aromatic carbocycles. The van der Waals surface area contributed by atoms with Gasteiger partial charge in [-0.2, -0.15) is 0 Å². The van der Waals surface area contributed by atoms with Gasteiger partial charge in [0.15, 0.2) is 0 Å². The van der Waals surface area contributed by atoms with Gasteiger partial charge in [0.2, 0.25) is 5.91 Å². The van der Waals surface area contributed by atoms with Crippen LogP contribution in [0.25, 0.3) is 0 Å². The number of anilines is 2. The van der Waals surface area contributed by atoms with Crippen molar-refractivity contribution in [3.05, 3.63) is 18.3 Å². The molecule has 1 aliphatic rings. The predicted octanol–water partition coefficient (Wildman–Crippen LogP) is 1.59. The number of carbonyl (C=O) groups excluding carboxylic acids is 1. The first-order chi connectivity index (χ1) is 8.78. The Kier molecular flexibility index (Phi) is 4.39. The summed E-state index contributed by atoms with van der Waals surface area (Å²) in [6.07, 6.45) is 4.53.